The van der Waals surface area contributed by atoms with Crippen LogP contribution in [0, 0.1) is 5.82 Å². The second-order valence-corrected chi connectivity index (χ2v) is 6.23. The maximum atomic E-state index is 14.1. The average molecular weight is 418 g/mol. The van der Waals surface area contributed by atoms with E-state index in [1.165, 1.54) is 6.21 Å². The summed E-state index contributed by atoms with van der Waals surface area (Å²) in [5.74, 6) is 0.150. The fourth-order valence-corrected chi connectivity index (χ4v) is 2.71. The number of nitrogens with two attached hydrogens (primary N) is 1. The summed E-state index contributed by atoms with van der Waals surface area (Å²) < 4.78 is 30.2. The van der Waals surface area contributed by atoms with Crippen LogP contribution in [0.5, 0.6) is 11.5 Å². The van der Waals surface area contributed by atoms with Gasteiger partial charge in [-0.2, -0.15) is 10.1 Å². The van der Waals surface area contributed by atoms with Crippen molar-refractivity contribution in [1.82, 2.24) is 9.97 Å². The third-order valence-corrected chi connectivity index (χ3v) is 4.05. The fraction of sp³-hybridized carbons (Fsp3) is 0.368. The molecule has 1 aliphatic heterocycles. The zero-order valence-electron chi connectivity index (χ0n) is 16.5. The van der Waals surface area contributed by atoms with E-state index >= 15 is 0 Å². The van der Waals surface area contributed by atoms with Gasteiger partial charge in [-0.1, -0.05) is 0 Å². The molecule has 1 amide bonds. The smallest absolute Gasteiger partial charge is 0.255 e. The molecule has 1 aromatic heterocycles. The number of hydrazone groups is 1. The Balaban J connectivity index is 1.68. The molecule has 1 aliphatic rings. The van der Waals surface area contributed by atoms with Gasteiger partial charge in [-0.25, -0.2) is 14.8 Å². The number of carbonyl (C=O) groups excluding carboxylic acids is 1. The van der Waals surface area contributed by atoms with E-state index in [4.69, 9.17) is 19.9 Å². The van der Waals surface area contributed by atoms with Crippen molar-refractivity contribution in [3.8, 4) is 11.5 Å². The molecule has 0 atom stereocenters. The van der Waals surface area contributed by atoms with Gasteiger partial charge in [0.25, 0.3) is 5.91 Å². The number of hydrogen-bond acceptors (Lipinski definition) is 9. The Morgan fingerprint density at radius 3 is 2.90 bits per heavy atom. The van der Waals surface area contributed by atoms with Crippen LogP contribution in [0.2, 0.25) is 0 Å². The summed E-state index contributed by atoms with van der Waals surface area (Å²) >= 11 is 0. The van der Waals surface area contributed by atoms with E-state index in [1.54, 1.807) is 23.1 Å². The first-order chi connectivity index (χ1) is 14.6. The molecule has 30 heavy (non-hydrogen) atoms. The summed E-state index contributed by atoms with van der Waals surface area (Å²) in [6, 6.07) is 5.09. The molecule has 0 spiro atoms. The number of primary amides is 1. The van der Waals surface area contributed by atoms with Crippen LogP contribution in [-0.2, 0) is 9.53 Å². The highest BCUT2D eigenvalue weighted by molar-refractivity contribution is 5.81. The van der Waals surface area contributed by atoms with Crippen molar-refractivity contribution in [3.63, 3.8) is 0 Å². The van der Waals surface area contributed by atoms with Crippen molar-refractivity contribution in [2.24, 2.45) is 10.8 Å². The molecule has 1 fully saturated rings. The first-order valence-electron chi connectivity index (χ1n) is 9.39. The van der Waals surface area contributed by atoms with Crippen LogP contribution in [0.15, 0.2) is 29.5 Å². The molecule has 10 nitrogen and oxygen atoms in total. The van der Waals surface area contributed by atoms with Gasteiger partial charge in [0.05, 0.1) is 32.2 Å². The normalized spacial score (nSPS) is 14.0. The average Bonchev–Trinajstić information content (AvgIpc) is 2.75. The Morgan fingerprint density at radius 1 is 1.37 bits per heavy atom. The second kappa shape index (κ2) is 10.3. The zero-order valence-corrected chi connectivity index (χ0v) is 16.5. The van der Waals surface area contributed by atoms with Crippen molar-refractivity contribution in [1.29, 1.82) is 0 Å². The van der Waals surface area contributed by atoms with Gasteiger partial charge < -0.3 is 24.8 Å². The van der Waals surface area contributed by atoms with Crippen LogP contribution < -0.4 is 25.5 Å². The van der Waals surface area contributed by atoms with Gasteiger partial charge in [-0.15, -0.1) is 0 Å². The Bertz CT molecular complexity index is 905. The van der Waals surface area contributed by atoms with Crippen molar-refractivity contribution < 1.29 is 23.4 Å². The third-order valence-electron chi connectivity index (χ3n) is 4.05. The molecule has 0 radical (unpaired) electrons. The van der Waals surface area contributed by atoms with Crippen LogP contribution in [0.25, 0.3) is 0 Å². The molecule has 2 heterocycles. The first kappa shape index (κ1) is 21.2. The molecule has 0 saturated carbocycles. The molecule has 0 bridgehead atoms. The maximum absolute atomic E-state index is 14.1. The quantitative estimate of drug-likeness (QED) is 0.459. The number of rotatable bonds is 9. The van der Waals surface area contributed by atoms with Crippen molar-refractivity contribution in [3.05, 3.63) is 35.8 Å². The number of nitrogens with zero attached hydrogens (tertiary/aromatic N) is 4. The SMILES string of the molecule is CCOc1cc(/C=N\Nc2ncc(F)c(N3CCOCC3)n2)ccc1OCC(N)=O. The number of anilines is 2. The topological polar surface area (TPSA) is 124 Å². The number of hydrogen-bond donors (Lipinski definition) is 2. The van der Waals surface area contributed by atoms with Crippen LogP contribution in [0.3, 0.4) is 0 Å². The molecule has 1 aromatic carbocycles. The van der Waals surface area contributed by atoms with Gasteiger partial charge in [0.15, 0.2) is 29.7 Å². The van der Waals surface area contributed by atoms with Gasteiger partial charge in [-0.3, -0.25) is 4.79 Å². The number of amides is 1. The minimum absolute atomic E-state index is 0.167. The van der Waals surface area contributed by atoms with Crippen molar-refractivity contribution in [2.75, 3.05) is 49.8 Å². The lowest BCUT2D eigenvalue weighted by Gasteiger charge is -2.27. The minimum Gasteiger partial charge on any atom is -0.490 e. The Hall–Kier alpha value is -3.47. The minimum atomic E-state index is -0.581. The van der Waals surface area contributed by atoms with Crippen LogP contribution in [-0.4, -0.2) is 61.6 Å². The summed E-state index contributed by atoms with van der Waals surface area (Å²) in [4.78, 5) is 20.8. The number of nitrogens with one attached hydrogen (secondary N) is 1. The molecule has 0 aliphatic carbocycles. The fourth-order valence-electron chi connectivity index (χ4n) is 2.71. The molecule has 2 aromatic rings. The summed E-state index contributed by atoms with van der Waals surface area (Å²) in [7, 11) is 0. The number of benzene rings is 1. The summed E-state index contributed by atoms with van der Waals surface area (Å²) in [6.45, 7) is 4.15. The molecule has 3 rings (SSSR count). The van der Waals surface area contributed by atoms with Crippen molar-refractivity contribution >= 4 is 23.9 Å². The maximum Gasteiger partial charge on any atom is 0.255 e. The van der Waals surface area contributed by atoms with E-state index in [-0.39, 0.29) is 18.4 Å². The number of morpholine rings is 1. The van der Waals surface area contributed by atoms with Crippen LogP contribution in [0.4, 0.5) is 16.2 Å². The third kappa shape index (κ3) is 5.77. The van der Waals surface area contributed by atoms with Gasteiger partial charge in [0.1, 0.15) is 0 Å². The summed E-state index contributed by atoms with van der Waals surface area (Å²) in [5.41, 5.74) is 8.50. The number of ether oxygens (including phenoxy) is 3. The lowest BCUT2D eigenvalue weighted by atomic mass is 10.2. The molecule has 0 unspecified atom stereocenters. The highest BCUT2D eigenvalue weighted by atomic mass is 19.1. The zero-order chi connectivity index (χ0) is 21.3. The van der Waals surface area contributed by atoms with E-state index in [0.29, 0.717) is 50.0 Å². The summed E-state index contributed by atoms with van der Waals surface area (Å²) in [6.07, 6.45) is 2.63. The highest BCUT2D eigenvalue weighted by Crippen LogP contribution is 2.28. The number of aromatic nitrogens is 2. The largest absolute Gasteiger partial charge is 0.490 e. The van der Waals surface area contributed by atoms with E-state index < -0.39 is 11.7 Å². The predicted molar refractivity (Wildman–Crippen MR) is 109 cm³/mol. The van der Waals surface area contributed by atoms with E-state index in [9.17, 15) is 9.18 Å². The molecular formula is C19H23FN6O4. The second-order valence-electron chi connectivity index (χ2n) is 6.23. The van der Waals surface area contributed by atoms with E-state index in [0.717, 1.165) is 6.20 Å². The standard InChI is InChI=1S/C19H23FN6O4/c1-2-29-16-9-13(3-4-15(16)30-12-17(21)27)10-23-25-19-22-11-14(20)18(24-19)26-5-7-28-8-6-26/h3-4,9-11H,2,5-8,12H2,1H3,(H2,21,27)(H,22,24,25)/b23-10-. The highest BCUT2D eigenvalue weighted by Gasteiger charge is 2.17. The van der Waals surface area contributed by atoms with Gasteiger partial charge in [0.2, 0.25) is 5.95 Å². The lowest BCUT2D eigenvalue weighted by molar-refractivity contribution is -0.119. The Kier molecular flexibility index (Phi) is 7.33. The van der Waals surface area contributed by atoms with Crippen LogP contribution >= 0.6 is 0 Å². The lowest BCUT2D eigenvalue weighted by Crippen LogP contribution is -2.37. The van der Waals surface area contributed by atoms with E-state index in [2.05, 4.69) is 20.5 Å². The molecule has 1 saturated heterocycles. The first-order valence-corrected chi connectivity index (χ1v) is 9.39. The number of halogens is 1. The van der Waals surface area contributed by atoms with Crippen LogP contribution in [0.1, 0.15) is 12.5 Å². The molecule has 160 valence electrons. The van der Waals surface area contributed by atoms with Gasteiger partial charge in [-0.05, 0) is 30.7 Å². The van der Waals surface area contributed by atoms with Gasteiger partial charge >= 0.3 is 0 Å². The predicted octanol–water partition coefficient (Wildman–Crippen LogP) is 1.16. The monoisotopic (exact) mass is 418 g/mol. The molecule has 11 heteroatoms. The molecular weight excluding hydrogens is 395 g/mol. The van der Waals surface area contributed by atoms with Gasteiger partial charge in [0, 0.05) is 13.1 Å². The van der Waals surface area contributed by atoms with E-state index in [1.807, 2.05) is 6.92 Å². The Labute approximate surface area is 172 Å². The summed E-state index contributed by atoms with van der Waals surface area (Å²) in [5, 5.41) is 4.10. The van der Waals surface area contributed by atoms with Crippen molar-refractivity contribution in [2.45, 2.75) is 6.92 Å². The molecule has 3 N–H and O–H groups in total. The Morgan fingerprint density at radius 2 is 2.17 bits per heavy atom. The number of carbonyl (C=O) groups is 1.